The van der Waals surface area contributed by atoms with Gasteiger partial charge in [0.15, 0.2) is 0 Å². The number of aromatic nitrogens is 2. The van der Waals surface area contributed by atoms with Crippen molar-refractivity contribution in [3.8, 4) is 0 Å². The van der Waals surface area contributed by atoms with Gasteiger partial charge in [0.2, 0.25) is 0 Å². The van der Waals surface area contributed by atoms with Crippen LogP contribution in [0.4, 0.5) is 0 Å². The number of aryl methyl sites for hydroxylation is 1. The Balaban J connectivity index is 1.93. The van der Waals surface area contributed by atoms with Crippen molar-refractivity contribution in [2.24, 2.45) is 18.9 Å². The van der Waals surface area contributed by atoms with E-state index >= 15 is 0 Å². The maximum absolute atomic E-state index is 10.2. The van der Waals surface area contributed by atoms with Gasteiger partial charge in [0, 0.05) is 13.2 Å². The molecule has 1 unspecified atom stereocenters. The van der Waals surface area contributed by atoms with Crippen molar-refractivity contribution >= 4 is 0 Å². The molecule has 0 spiro atoms. The van der Waals surface area contributed by atoms with Crippen LogP contribution in [0.3, 0.4) is 0 Å². The zero-order valence-electron chi connectivity index (χ0n) is 10.3. The average Bonchev–Trinajstić information content (AvgIpc) is 2.75. The first-order chi connectivity index (χ1) is 7.70. The fourth-order valence-electron chi connectivity index (χ4n) is 2.74. The van der Waals surface area contributed by atoms with E-state index in [2.05, 4.69) is 12.0 Å². The van der Waals surface area contributed by atoms with Gasteiger partial charge in [-0.1, -0.05) is 26.2 Å². The van der Waals surface area contributed by atoms with Crippen molar-refractivity contribution < 1.29 is 5.11 Å². The minimum Gasteiger partial charge on any atom is -0.386 e. The van der Waals surface area contributed by atoms with Gasteiger partial charge in [-0.25, -0.2) is 0 Å². The quantitative estimate of drug-likeness (QED) is 0.853. The van der Waals surface area contributed by atoms with E-state index in [1.165, 1.54) is 19.3 Å². The number of hydrogen-bond acceptors (Lipinski definition) is 2. The fraction of sp³-hybridized carbons (Fsp3) is 0.769. The molecule has 0 radical (unpaired) electrons. The molecule has 1 fully saturated rings. The first-order valence-corrected chi connectivity index (χ1v) is 6.38. The molecule has 0 amide bonds. The van der Waals surface area contributed by atoms with Crippen molar-refractivity contribution in [2.45, 2.75) is 45.1 Å². The van der Waals surface area contributed by atoms with E-state index in [-0.39, 0.29) is 6.10 Å². The van der Waals surface area contributed by atoms with E-state index in [1.54, 1.807) is 4.68 Å². The van der Waals surface area contributed by atoms with E-state index in [0.29, 0.717) is 5.92 Å². The first kappa shape index (κ1) is 11.6. The predicted octanol–water partition coefficient (Wildman–Crippen LogP) is 2.67. The monoisotopic (exact) mass is 222 g/mol. The van der Waals surface area contributed by atoms with E-state index in [9.17, 15) is 5.11 Å². The molecule has 0 aromatic carbocycles. The number of nitrogens with zero attached hydrogens (tertiary/aromatic N) is 2. The van der Waals surface area contributed by atoms with Crippen LogP contribution in [-0.4, -0.2) is 14.9 Å². The van der Waals surface area contributed by atoms with Crippen molar-refractivity contribution in [3.05, 3.63) is 18.0 Å². The first-order valence-electron chi connectivity index (χ1n) is 6.38. The molecule has 0 saturated heterocycles. The second kappa shape index (κ2) is 5.00. The second-order valence-electron chi connectivity index (χ2n) is 5.05. The highest BCUT2D eigenvalue weighted by atomic mass is 16.3. The molecule has 1 saturated carbocycles. The molecule has 1 aliphatic rings. The summed E-state index contributed by atoms with van der Waals surface area (Å²) in [6.07, 6.45) is 7.66. The van der Waals surface area contributed by atoms with E-state index in [0.717, 1.165) is 24.5 Å². The van der Waals surface area contributed by atoms with Gasteiger partial charge in [0.25, 0.3) is 0 Å². The third kappa shape index (κ3) is 2.46. The summed E-state index contributed by atoms with van der Waals surface area (Å²) in [5.41, 5.74) is 0.836. The van der Waals surface area contributed by atoms with Crippen LogP contribution in [0.15, 0.2) is 12.3 Å². The molecular weight excluding hydrogens is 200 g/mol. The van der Waals surface area contributed by atoms with Crippen LogP contribution in [-0.2, 0) is 7.05 Å². The minimum absolute atomic E-state index is 0.362. The Kier molecular flexibility index (Phi) is 3.64. The van der Waals surface area contributed by atoms with Crippen molar-refractivity contribution in [3.63, 3.8) is 0 Å². The molecule has 1 heterocycles. The Morgan fingerprint density at radius 3 is 2.62 bits per heavy atom. The van der Waals surface area contributed by atoms with Crippen molar-refractivity contribution in [2.75, 3.05) is 0 Å². The molecule has 1 atom stereocenters. The Hall–Kier alpha value is -0.830. The van der Waals surface area contributed by atoms with Crippen molar-refractivity contribution in [1.29, 1.82) is 0 Å². The van der Waals surface area contributed by atoms with Gasteiger partial charge < -0.3 is 5.11 Å². The smallest absolute Gasteiger partial charge is 0.101 e. The van der Waals surface area contributed by atoms with E-state index < -0.39 is 0 Å². The second-order valence-corrected chi connectivity index (χ2v) is 5.05. The van der Waals surface area contributed by atoms with E-state index in [4.69, 9.17) is 0 Å². The van der Waals surface area contributed by atoms with E-state index in [1.807, 2.05) is 19.3 Å². The molecule has 2 rings (SSSR count). The standard InChI is InChI=1S/C13H22N2O/c1-3-10-4-6-11(7-5-10)13(16)12-8-9-15(2)14-12/h8-11,13,16H,3-7H2,1-2H3. The lowest BCUT2D eigenvalue weighted by Crippen LogP contribution is -2.20. The zero-order valence-corrected chi connectivity index (χ0v) is 10.3. The van der Waals surface area contributed by atoms with Crippen LogP contribution in [0.2, 0.25) is 0 Å². The van der Waals surface area contributed by atoms with Crippen molar-refractivity contribution in [1.82, 2.24) is 9.78 Å². The van der Waals surface area contributed by atoms with Gasteiger partial charge in [-0.3, -0.25) is 4.68 Å². The van der Waals surface area contributed by atoms with Crippen LogP contribution >= 0.6 is 0 Å². The number of hydrogen-bond donors (Lipinski definition) is 1. The molecule has 0 aliphatic heterocycles. The summed E-state index contributed by atoms with van der Waals surface area (Å²) >= 11 is 0. The van der Waals surface area contributed by atoms with Gasteiger partial charge in [-0.2, -0.15) is 5.10 Å². The highest BCUT2D eigenvalue weighted by molar-refractivity contribution is 5.04. The van der Waals surface area contributed by atoms with Gasteiger partial charge >= 0.3 is 0 Å². The molecule has 90 valence electrons. The lowest BCUT2D eigenvalue weighted by atomic mass is 9.78. The number of aliphatic hydroxyl groups excluding tert-OH is 1. The van der Waals surface area contributed by atoms with Crippen LogP contribution < -0.4 is 0 Å². The summed E-state index contributed by atoms with van der Waals surface area (Å²) in [6.45, 7) is 2.26. The molecule has 16 heavy (non-hydrogen) atoms. The van der Waals surface area contributed by atoms with Crippen LogP contribution in [0.5, 0.6) is 0 Å². The topological polar surface area (TPSA) is 38.0 Å². The Bertz CT molecular complexity index is 326. The zero-order chi connectivity index (χ0) is 11.5. The molecule has 1 aromatic rings. The maximum Gasteiger partial charge on any atom is 0.101 e. The Labute approximate surface area is 97.5 Å². The van der Waals surface area contributed by atoms with Gasteiger partial charge in [-0.15, -0.1) is 0 Å². The van der Waals surface area contributed by atoms with Crippen LogP contribution in [0.1, 0.15) is 50.8 Å². The fourth-order valence-corrected chi connectivity index (χ4v) is 2.74. The number of aliphatic hydroxyl groups is 1. The molecule has 1 aromatic heterocycles. The lowest BCUT2D eigenvalue weighted by Gasteiger charge is -2.30. The highest BCUT2D eigenvalue weighted by Gasteiger charge is 2.27. The molecule has 1 aliphatic carbocycles. The molecule has 3 heteroatoms. The molecular formula is C13H22N2O. The van der Waals surface area contributed by atoms with Gasteiger partial charge in [0.1, 0.15) is 6.10 Å². The largest absolute Gasteiger partial charge is 0.386 e. The maximum atomic E-state index is 10.2. The summed E-state index contributed by atoms with van der Waals surface area (Å²) in [4.78, 5) is 0. The van der Waals surface area contributed by atoms with Crippen LogP contribution in [0.25, 0.3) is 0 Å². The van der Waals surface area contributed by atoms with Gasteiger partial charge in [0.05, 0.1) is 5.69 Å². The highest BCUT2D eigenvalue weighted by Crippen LogP contribution is 2.37. The Morgan fingerprint density at radius 1 is 1.44 bits per heavy atom. The molecule has 1 N–H and O–H groups in total. The third-order valence-electron chi connectivity index (χ3n) is 3.95. The average molecular weight is 222 g/mol. The molecule has 0 bridgehead atoms. The molecule has 3 nitrogen and oxygen atoms in total. The summed E-state index contributed by atoms with van der Waals surface area (Å²) in [7, 11) is 1.89. The lowest BCUT2D eigenvalue weighted by molar-refractivity contribution is 0.0691. The predicted molar refractivity (Wildman–Crippen MR) is 63.9 cm³/mol. The summed E-state index contributed by atoms with van der Waals surface area (Å²) in [5.74, 6) is 1.30. The summed E-state index contributed by atoms with van der Waals surface area (Å²) in [6, 6.07) is 1.93. The summed E-state index contributed by atoms with van der Waals surface area (Å²) < 4.78 is 1.76. The Morgan fingerprint density at radius 2 is 2.12 bits per heavy atom. The van der Waals surface area contributed by atoms with Gasteiger partial charge in [-0.05, 0) is 30.7 Å². The minimum atomic E-state index is -0.362. The van der Waals surface area contributed by atoms with Crippen LogP contribution in [0, 0.1) is 11.8 Å². The third-order valence-corrected chi connectivity index (χ3v) is 3.95. The summed E-state index contributed by atoms with van der Waals surface area (Å²) in [5, 5.41) is 14.5. The normalized spacial score (nSPS) is 27.9. The number of rotatable bonds is 3. The SMILES string of the molecule is CCC1CCC(C(O)c2ccn(C)n2)CC1.